The molecule has 0 aliphatic carbocycles. The molecule has 0 saturated heterocycles. The van der Waals surface area contributed by atoms with Gasteiger partial charge in [-0.15, -0.1) is 13.2 Å². The molecule has 0 fully saturated rings. The van der Waals surface area contributed by atoms with Crippen LogP contribution in [-0.2, 0) is 5.41 Å². The normalized spacial score (nSPS) is 12.1. The van der Waals surface area contributed by atoms with E-state index >= 15 is 0 Å². The lowest BCUT2D eigenvalue weighted by molar-refractivity contribution is -0.274. The van der Waals surface area contributed by atoms with Crippen LogP contribution >= 0.6 is 0 Å². The van der Waals surface area contributed by atoms with Crippen molar-refractivity contribution in [2.24, 2.45) is 5.11 Å². The molecule has 2 aromatic rings. The highest BCUT2D eigenvalue weighted by Crippen LogP contribution is 2.40. The van der Waals surface area contributed by atoms with Gasteiger partial charge in [-0.05, 0) is 29.2 Å². The number of nitrogens with zero attached hydrogens (tertiary/aromatic N) is 1. The predicted octanol–water partition coefficient (Wildman–Crippen LogP) is 6.21. The van der Waals surface area contributed by atoms with E-state index in [9.17, 15) is 13.2 Å². The summed E-state index contributed by atoms with van der Waals surface area (Å²) in [7, 11) is 0. The second kappa shape index (κ2) is 6.02. The van der Waals surface area contributed by atoms with Gasteiger partial charge in [-0.25, -0.2) is 5.53 Å². The van der Waals surface area contributed by atoms with Gasteiger partial charge in [-0.3, -0.25) is 0 Å². The van der Waals surface area contributed by atoms with Gasteiger partial charge in [0.25, 0.3) is 0 Å². The third kappa shape index (κ3) is 4.09. The fraction of sp³-hybridized carbons (Fsp3) is 0.294. The summed E-state index contributed by atoms with van der Waals surface area (Å²) in [5.74, 6) is -0.309. The lowest BCUT2D eigenvalue weighted by Crippen LogP contribution is -2.17. The van der Waals surface area contributed by atoms with Gasteiger partial charge >= 0.3 is 6.36 Å². The van der Waals surface area contributed by atoms with Crippen molar-refractivity contribution in [3.05, 3.63) is 48.0 Å². The molecular weight excluding hydrogens is 305 g/mol. The first kappa shape index (κ1) is 17.0. The van der Waals surface area contributed by atoms with E-state index in [1.807, 2.05) is 26.8 Å². The van der Waals surface area contributed by atoms with Gasteiger partial charge in [0.2, 0.25) is 0 Å². The Morgan fingerprint density at radius 1 is 0.957 bits per heavy atom. The molecule has 0 saturated carbocycles. The van der Waals surface area contributed by atoms with Crippen LogP contribution in [0.2, 0.25) is 0 Å². The largest absolute Gasteiger partial charge is 0.573 e. The minimum absolute atomic E-state index is 0.185. The summed E-state index contributed by atoms with van der Waals surface area (Å²) in [4.78, 5) is 0. The van der Waals surface area contributed by atoms with E-state index in [-0.39, 0.29) is 22.4 Å². The van der Waals surface area contributed by atoms with Crippen LogP contribution in [0.5, 0.6) is 5.75 Å². The molecule has 0 bridgehead atoms. The van der Waals surface area contributed by atoms with Crippen molar-refractivity contribution in [1.29, 1.82) is 5.53 Å². The minimum atomic E-state index is -4.78. The van der Waals surface area contributed by atoms with Gasteiger partial charge in [0, 0.05) is 11.1 Å². The summed E-state index contributed by atoms with van der Waals surface area (Å²) in [6.45, 7) is 6.01. The Hall–Kier alpha value is -2.37. The molecule has 0 spiro atoms. The van der Waals surface area contributed by atoms with E-state index < -0.39 is 6.36 Å². The summed E-state index contributed by atoms with van der Waals surface area (Å²) < 4.78 is 41.9. The monoisotopic (exact) mass is 322 g/mol. The molecule has 122 valence electrons. The molecule has 0 aliphatic heterocycles. The number of hydrogen-bond donors (Lipinski definition) is 1. The zero-order chi connectivity index (χ0) is 17.3. The van der Waals surface area contributed by atoms with E-state index in [4.69, 9.17) is 5.53 Å². The average Bonchev–Trinajstić information content (AvgIpc) is 2.44. The summed E-state index contributed by atoms with van der Waals surface area (Å²) in [6, 6.07) is 11.1. The molecule has 0 radical (unpaired) electrons. The Labute approximate surface area is 132 Å². The second-order valence-corrected chi connectivity index (χ2v) is 6.14. The molecular formula is C17H17F3N2O. The van der Waals surface area contributed by atoms with Crippen LogP contribution in [0.3, 0.4) is 0 Å². The minimum Gasteiger partial charge on any atom is -0.405 e. The summed E-state index contributed by atoms with van der Waals surface area (Å²) in [6.07, 6.45) is -4.78. The molecule has 2 aromatic carbocycles. The molecule has 0 unspecified atom stereocenters. The molecule has 0 atom stereocenters. The van der Waals surface area contributed by atoms with Crippen molar-refractivity contribution in [1.82, 2.24) is 0 Å². The molecule has 0 aliphatic rings. The Balaban J connectivity index is 2.64. The third-order valence-corrected chi connectivity index (χ3v) is 3.39. The van der Waals surface area contributed by atoms with Crippen molar-refractivity contribution in [2.75, 3.05) is 0 Å². The molecule has 0 amide bonds. The van der Waals surface area contributed by atoms with E-state index in [0.29, 0.717) is 5.56 Å². The zero-order valence-electron chi connectivity index (χ0n) is 13.0. The first-order valence-electron chi connectivity index (χ1n) is 6.99. The van der Waals surface area contributed by atoms with E-state index in [1.54, 1.807) is 18.2 Å². The van der Waals surface area contributed by atoms with Crippen LogP contribution in [0, 0.1) is 5.53 Å². The molecule has 2 rings (SSSR count). The average molecular weight is 322 g/mol. The van der Waals surface area contributed by atoms with Gasteiger partial charge in [0.05, 0.1) is 5.69 Å². The zero-order valence-corrected chi connectivity index (χ0v) is 13.0. The highest BCUT2D eigenvalue weighted by atomic mass is 19.4. The number of hydrogen-bond acceptors (Lipinski definition) is 3. The Kier molecular flexibility index (Phi) is 4.45. The molecule has 0 aromatic heterocycles. The SMILES string of the molecule is CC(C)(C)c1ccc(N=N)c(-c2ccccc2OC(F)(F)F)c1. The lowest BCUT2D eigenvalue weighted by Gasteiger charge is -2.21. The van der Waals surface area contributed by atoms with E-state index in [2.05, 4.69) is 9.85 Å². The third-order valence-electron chi connectivity index (χ3n) is 3.39. The predicted molar refractivity (Wildman–Crippen MR) is 82.1 cm³/mol. The fourth-order valence-electron chi connectivity index (χ4n) is 2.22. The number of alkyl halides is 3. The van der Waals surface area contributed by atoms with Crippen molar-refractivity contribution < 1.29 is 17.9 Å². The quantitative estimate of drug-likeness (QED) is 0.671. The topological polar surface area (TPSA) is 45.4 Å². The number of halogens is 3. The maximum Gasteiger partial charge on any atom is 0.573 e. The summed E-state index contributed by atoms with van der Waals surface area (Å²) in [5.41, 5.74) is 9.00. The maximum atomic E-state index is 12.6. The number of ether oxygens (including phenoxy) is 1. The van der Waals surface area contributed by atoms with Crippen LogP contribution in [0.25, 0.3) is 11.1 Å². The maximum absolute atomic E-state index is 12.6. The number of para-hydroxylation sites is 1. The first-order chi connectivity index (χ1) is 10.6. The van der Waals surface area contributed by atoms with Gasteiger partial charge in [-0.2, -0.15) is 5.11 Å². The number of nitrogens with one attached hydrogen (secondary N) is 1. The smallest absolute Gasteiger partial charge is 0.405 e. The van der Waals surface area contributed by atoms with Crippen LogP contribution in [-0.4, -0.2) is 6.36 Å². The Morgan fingerprint density at radius 2 is 1.61 bits per heavy atom. The molecule has 23 heavy (non-hydrogen) atoms. The molecule has 0 heterocycles. The van der Waals surface area contributed by atoms with Gasteiger partial charge in [0.1, 0.15) is 5.75 Å². The summed E-state index contributed by atoms with van der Waals surface area (Å²) >= 11 is 0. The Bertz CT molecular complexity index is 719. The first-order valence-corrected chi connectivity index (χ1v) is 6.99. The van der Waals surface area contributed by atoms with Crippen molar-refractivity contribution >= 4 is 5.69 Å². The van der Waals surface area contributed by atoms with Crippen LogP contribution in [0.4, 0.5) is 18.9 Å². The Morgan fingerprint density at radius 3 is 2.17 bits per heavy atom. The van der Waals surface area contributed by atoms with Crippen molar-refractivity contribution in [2.45, 2.75) is 32.5 Å². The second-order valence-electron chi connectivity index (χ2n) is 6.14. The van der Waals surface area contributed by atoms with Gasteiger partial charge < -0.3 is 4.74 Å². The molecule has 3 nitrogen and oxygen atoms in total. The molecule has 6 heteroatoms. The van der Waals surface area contributed by atoms with Crippen LogP contribution in [0.15, 0.2) is 47.6 Å². The molecule has 1 N–H and O–H groups in total. The summed E-state index contributed by atoms with van der Waals surface area (Å²) in [5, 5.41) is 3.42. The number of benzene rings is 2. The standard InChI is InChI=1S/C17H17F3N2O/c1-16(2,3)11-8-9-14(22-21)13(10-11)12-6-4-5-7-15(12)23-17(18,19)20/h4-10,21H,1-3H3. The number of rotatable bonds is 3. The van der Waals surface area contributed by atoms with E-state index in [0.717, 1.165) is 5.56 Å². The highest BCUT2D eigenvalue weighted by molar-refractivity contribution is 5.80. The van der Waals surface area contributed by atoms with Crippen LogP contribution in [0.1, 0.15) is 26.3 Å². The highest BCUT2D eigenvalue weighted by Gasteiger charge is 2.32. The van der Waals surface area contributed by atoms with Crippen molar-refractivity contribution in [3.8, 4) is 16.9 Å². The van der Waals surface area contributed by atoms with E-state index in [1.165, 1.54) is 18.2 Å². The fourth-order valence-corrected chi connectivity index (χ4v) is 2.22. The lowest BCUT2D eigenvalue weighted by atomic mass is 9.85. The van der Waals surface area contributed by atoms with Gasteiger partial charge in [-0.1, -0.05) is 45.0 Å². The van der Waals surface area contributed by atoms with Gasteiger partial charge in [0.15, 0.2) is 0 Å². The van der Waals surface area contributed by atoms with Crippen LogP contribution < -0.4 is 4.74 Å². The van der Waals surface area contributed by atoms with Crippen molar-refractivity contribution in [3.63, 3.8) is 0 Å².